The molecular formula is C19H20FNO5. The second kappa shape index (κ2) is 9.41. The van der Waals surface area contributed by atoms with E-state index in [0.717, 1.165) is 0 Å². The van der Waals surface area contributed by atoms with E-state index in [9.17, 15) is 14.0 Å². The molecular weight excluding hydrogens is 341 g/mol. The van der Waals surface area contributed by atoms with Gasteiger partial charge in [-0.05, 0) is 36.8 Å². The summed E-state index contributed by atoms with van der Waals surface area (Å²) < 4.78 is 28.8. The van der Waals surface area contributed by atoms with Gasteiger partial charge in [0, 0.05) is 0 Å². The summed E-state index contributed by atoms with van der Waals surface area (Å²) in [5.41, 5.74) is 0.809. The predicted octanol–water partition coefficient (Wildman–Crippen LogP) is 2.71. The Morgan fingerprint density at radius 2 is 1.88 bits per heavy atom. The lowest BCUT2D eigenvalue weighted by Crippen LogP contribution is -2.30. The monoisotopic (exact) mass is 361 g/mol. The Hall–Kier alpha value is -3.09. The molecule has 0 aliphatic rings. The number of ether oxygens (including phenoxy) is 3. The molecule has 0 heterocycles. The van der Waals surface area contributed by atoms with Gasteiger partial charge in [-0.1, -0.05) is 18.2 Å². The number of methoxy groups -OCH3 is 1. The van der Waals surface area contributed by atoms with Gasteiger partial charge in [0.15, 0.2) is 11.6 Å². The van der Waals surface area contributed by atoms with Gasteiger partial charge in [-0.2, -0.15) is 0 Å². The third kappa shape index (κ3) is 5.20. The van der Waals surface area contributed by atoms with Gasteiger partial charge in [-0.3, -0.25) is 9.59 Å². The van der Waals surface area contributed by atoms with Crippen LogP contribution < -0.4 is 14.8 Å². The number of esters is 1. The van der Waals surface area contributed by atoms with E-state index < -0.39 is 17.7 Å². The van der Waals surface area contributed by atoms with E-state index in [2.05, 4.69) is 5.32 Å². The van der Waals surface area contributed by atoms with Crippen molar-refractivity contribution in [2.24, 2.45) is 0 Å². The summed E-state index contributed by atoms with van der Waals surface area (Å²) >= 11 is 0. The number of carbonyl (C=O) groups is 2. The number of hydrogen-bond donors (Lipinski definition) is 1. The maximum atomic E-state index is 13.6. The van der Waals surface area contributed by atoms with Crippen LogP contribution in [0.2, 0.25) is 0 Å². The molecule has 0 unspecified atom stereocenters. The molecule has 0 aromatic heterocycles. The summed E-state index contributed by atoms with van der Waals surface area (Å²) in [4.78, 5) is 24.0. The molecule has 1 N–H and O–H groups in total. The summed E-state index contributed by atoms with van der Waals surface area (Å²) in [6.45, 7) is 1.82. The van der Waals surface area contributed by atoms with Crippen LogP contribution >= 0.6 is 0 Å². The van der Waals surface area contributed by atoms with Crippen molar-refractivity contribution in [1.82, 2.24) is 5.32 Å². The SMILES string of the molecule is CCOc1ccccc1C(=O)NCC(=O)OCc1ccc(OC)c(F)c1. The minimum absolute atomic E-state index is 0.106. The van der Waals surface area contributed by atoms with Crippen LogP contribution in [0.1, 0.15) is 22.8 Å². The number of benzene rings is 2. The molecule has 0 spiro atoms. The zero-order valence-electron chi connectivity index (χ0n) is 14.6. The van der Waals surface area contributed by atoms with Gasteiger partial charge < -0.3 is 19.5 Å². The Balaban J connectivity index is 1.85. The molecule has 0 fully saturated rings. The van der Waals surface area contributed by atoms with Gasteiger partial charge in [0.2, 0.25) is 0 Å². The van der Waals surface area contributed by atoms with Crippen LogP contribution in [-0.2, 0) is 16.1 Å². The number of carbonyl (C=O) groups excluding carboxylic acids is 2. The minimum atomic E-state index is -0.636. The first kappa shape index (κ1) is 19.2. The largest absolute Gasteiger partial charge is 0.494 e. The summed E-state index contributed by atoms with van der Waals surface area (Å²) in [6.07, 6.45) is 0. The molecule has 1 amide bonds. The zero-order valence-corrected chi connectivity index (χ0v) is 14.6. The van der Waals surface area contributed by atoms with Gasteiger partial charge in [0.1, 0.15) is 18.9 Å². The van der Waals surface area contributed by atoms with E-state index in [-0.39, 0.29) is 18.9 Å². The smallest absolute Gasteiger partial charge is 0.325 e. The summed E-state index contributed by atoms with van der Waals surface area (Å²) in [5, 5.41) is 2.48. The van der Waals surface area contributed by atoms with Crippen molar-refractivity contribution >= 4 is 11.9 Å². The second-order valence-electron chi connectivity index (χ2n) is 5.24. The van der Waals surface area contributed by atoms with Crippen LogP contribution in [0.25, 0.3) is 0 Å². The number of halogens is 1. The van der Waals surface area contributed by atoms with E-state index >= 15 is 0 Å². The summed E-state index contributed by atoms with van der Waals surface area (Å²) in [6, 6.07) is 11.0. The Labute approximate surface area is 150 Å². The molecule has 0 atom stereocenters. The molecule has 6 nitrogen and oxygen atoms in total. The quantitative estimate of drug-likeness (QED) is 0.732. The number of rotatable bonds is 8. The molecule has 2 aromatic carbocycles. The molecule has 2 rings (SSSR count). The average molecular weight is 361 g/mol. The highest BCUT2D eigenvalue weighted by molar-refractivity contribution is 5.98. The molecule has 0 aliphatic carbocycles. The predicted molar refractivity (Wildman–Crippen MR) is 92.7 cm³/mol. The molecule has 138 valence electrons. The fourth-order valence-electron chi connectivity index (χ4n) is 2.20. The van der Waals surface area contributed by atoms with Crippen molar-refractivity contribution in [2.75, 3.05) is 20.3 Å². The lowest BCUT2D eigenvalue weighted by atomic mass is 10.2. The summed E-state index contributed by atoms with van der Waals surface area (Å²) in [5.74, 6) is -1.07. The van der Waals surface area contributed by atoms with Crippen molar-refractivity contribution in [3.05, 3.63) is 59.4 Å². The van der Waals surface area contributed by atoms with Gasteiger partial charge in [-0.15, -0.1) is 0 Å². The van der Waals surface area contributed by atoms with Gasteiger partial charge in [0.25, 0.3) is 5.91 Å². The highest BCUT2D eigenvalue weighted by atomic mass is 19.1. The number of para-hydroxylation sites is 1. The van der Waals surface area contributed by atoms with E-state index in [1.165, 1.54) is 19.2 Å². The highest BCUT2D eigenvalue weighted by Crippen LogP contribution is 2.19. The van der Waals surface area contributed by atoms with E-state index in [4.69, 9.17) is 14.2 Å². The Morgan fingerprint density at radius 1 is 1.12 bits per heavy atom. The third-order valence-electron chi connectivity index (χ3n) is 3.44. The van der Waals surface area contributed by atoms with Crippen LogP contribution in [0.4, 0.5) is 4.39 Å². The Bertz CT molecular complexity index is 778. The number of amides is 1. The van der Waals surface area contributed by atoms with Crippen LogP contribution in [0.5, 0.6) is 11.5 Å². The molecule has 0 saturated carbocycles. The van der Waals surface area contributed by atoms with Gasteiger partial charge in [-0.25, -0.2) is 4.39 Å². The Kier molecular flexibility index (Phi) is 6.96. The van der Waals surface area contributed by atoms with E-state index in [1.54, 1.807) is 30.3 Å². The van der Waals surface area contributed by atoms with Gasteiger partial charge >= 0.3 is 5.97 Å². The lowest BCUT2D eigenvalue weighted by molar-refractivity contribution is -0.143. The van der Waals surface area contributed by atoms with Crippen LogP contribution in [0.3, 0.4) is 0 Å². The fraction of sp³-hybridized carbons (Fsp3) is 0.263. The molecule has 0 saturated heterocycles. The van der Waals surface area contributed by atoms with Crippen molar-refractivity contribution < 1.29 is 28.2 Å². The highest BCUT2D eigenvalue weighted by Gasteiger charge is 2.14. The third-order valence-corrected chi connectivity index (χ3v) is 3.44. The van der Waals surface area contributed by atoms with Crippen LogP contribution in [0, 0.1) is 5.82 Å². The second-order valence-corrected chi connectivity index (χ2v) is 5.24. The van der Waals surface area contributed by atoms with Crippen molar-refractivity contribution in [3.8, 4) is 11.5 Å². The number of hydrogen-bond acceptors (Lipinski definition) is 5. The van der Waals surface area contributed by atoms with E-state index in [1.807, 2.05) is 6.92 Å². The average Bonchev–Trinajstić information content (AvgIpc) is 2.65. The van der Waals surface area contributed by atoms with Crippen molar-refractivity contribution in [2.45, 2.75) is 13.5 Å². The molecule has 0 bridgehead atoms. The molecule has 26 heavy (non-hydrogen) atoms. The summed E-state index contributed by atoms with van der Waals surface area (Å²) in [7, 11) is 1.37. The lowest BCUT2D eigenvalue weighted by Gasteiger charge is -2.10. The molecule has 2 aromatic rings. The number of nitrogens with one attached hydrogen (secondary N) is 1. The maximum absolute atomic E-state index is 13.6. The fourth-order valence-corrected chi connectivity index (χ4v) is 2.20. The van der Waals surface area contributed by atoms with Gasteiger partial charge in [0.05, 0.1) is 19.3 Å². The van der Waals surface area contributed by atoms with Crippen molar-refractivity contribution in [3.63, 3.8) is 0 Å². The van der Waals surface area contributed by atoms with Crippen LogP contribution in [-0.4, -0.2) is 32.1 Å². The van der Waals surface area contributed by atoms with E-state index in [0.29, 0.717) is 23.5 Å². The van der Waals surface area contributed by atoms with Crippen LogP contribution in [0.15, 0.2) is 42.5 Å². The maximum Gasteiger partial charge on any atom is 0.325 e. The standard InChI is InChI=1S/C19H20FNO5/c1-3-25-16-7-5-4-6-14(16)19(23)21-11-18(22)26-12-13-8-9-17(24-2)15(20)10-13/h4-10H,3,11-12H2,1-2H3,(H,21,23). The first-order valence-electron chi connectivity index (χ1n) is 8.03. The molecule has 7 heteroatoms. The topological polar surface area (TPSA) is 73.9 Å². The molecule has 0 radical (unpaired) electrons. The zero-order chi connectivity index (χ0) is 18.9. The molecule has 0 aliphatic heterocycles. The first-order valence-corrected chi connectivity index (χ1v) is 8.03. The Morgan fingerprint density at radius 3 is 2.58 bits per heavy atom. The first-order chi connectivity index (χ1) is 12.5. The minimum Gasteiger partial charge on any atom is -0.494 e. The van der Waals surface area contributed by atoms with Crippen molar-refractivity contribution in [1.29, 1.82) is 0 Å². The normalized spacial score (nSPS) is 10.1.